The second-order valence-electron chi connectivity index (χ2n) is 6.42. The van der Waals surface area contributed by atoms with Crippen LogP contribution in [0.2, 0.25) is 0 Å². The van der Waals surface area contributed by atoms with Crippen LogP contribution in [0, 0.1) is 0 Å². The van der Waals surface area contributed by atoms with Crippen LogP contribution in [-0.4, -0.2) is 42.1 Å². The molecule has 0 saturated carbocycles. The zero-order valence-corrected chi connectivity index (χ0v) is 15.1. The Morgan fingerprint density at radius 1 is 1.23 bits per heavy atom. The molecule has 1 aromatic rings. The maximum Gasteiger partial charge on any atom is 0.387 e. The van der Waals surface area contributed by atoms with E-state index in [9.17, 15) is 18.4 Å². The van der Waals surface area contributed by atoms with Gasteiger partial charge >= 0.3 is 12.6 Å². The fourth-order valence-electron chi connectivity index (χ4n) is 3.19. The highest BCUT2D eigenvalue weighted by Crippen LogP contribution is 2.21. The van der Waals surface area contributed by atoms with Crippen LogP contribution in [0.4, 0.5) is 8.78 Å². The summed E-state index contributed by atoms with van der Waals surface area (Å²) >= 11 is 0. The molecule has 0 bridgehead atoms. The second kappa shape index (κ2) is 9.50. The van der Waals surface area contributed by atoms with Crippen molar-refractivity contribution in [1.29, 1.82) is 0 Å². The lowest BCUT2D eigenvalue weighted by Crippen LogP contribution is -2.48. The van der Waals surface area contributed by atoms with Crippen LogP contribution in [-0.2, 0) is 20.7 Å². The number of hydrogen-bond acceptors (Lipinski definition) is 4. The Kier molecular flexibility index (Phi) is 7.36. The lowest BCUT2D eigenvalue weighted by atomic mass is 9.99. The van der Waals surface area contributed by atoms with Crippen LogP contribution < -0.4 is 4.74 Å². The number of carbonyl (C=O) groups is 2. The van der Waals surface area contributed by atoms with E-state index in [0.717, 1.165) is 25.7 Å². The SMILES string of the molecule is CCC1CCCCN1C(=O)C(C)OC(=O)Cc1ccc(OC(F)F)cc1. The van der Waals surface area contributed by atoms with Gasteiger partial charge < -0.3 is 14.4 Å². The Morgan fingerprint density at radius 3 is 2.54 bits per heavy atom. The fourth-order valence-corrected chi connectivity index (χ4v) is 3.19. The topological polar surface area (TPSA) is 55.8 Å². The van der Waals surface area contributed by atoms with Crippen molar-refractivity contribution in [2.45, 2.75) is 64.7 Å². The Bertz CT molecular complexity index is 606. The number of likely N-dealkylation sites (tertiary alicyclic amines) is 1. The van der Waals surface area contributed by atoms with Crippen molar-refractivity contribution in [3.63, 3.8) is 0 Å². The molecule has 26 heavy (non-hydrogen) atoms. The van der Waals surface area contributed by atoms with Gasteiger partial charge in [0.2, 0.25) is 0 Å². The normalized spacial score (nSPS) is 18.5. The van der Waals surface area contributed by atoms with E-state index in [4.69, 9.17) is 4.74 Å². The molecule has 0 aliphatic carbocycles. The molecule has 1 fully saturated rings. The number of piperidine rings is 1. The molecule has 2 unspecified atom stereocenters. The predicted octanol–water partition coefficient (Wildman–Crippen LogP) is 3.55. The number of rotatable bonds is 7. The van der Waals surface area contributed by atoms with Crippen LogP contribution in [0.3, 0.4) is 0 Å². The average Bonchev–Trinajstić information content (AvgIpc) is 2.62. The lowest BCUT2D eigenvalue weighted by molar-refractivity contribution is -0.160. The second-order valence-corrected chi connectivity index (χ2v) is 6.42. The van der Waals surface area contributed by atoms with Crippen LogP contribution >= 0.6 is 0 Å². The van der Waals surface area contributed by atoms with Crippen molar-refractivity contribution < 1.29 is 27.8 Å². The Hall–Kier alpha value is -2.18. The van der Waals surface area contributed by atoms with Gasteiger partial charge in [-0.1, -0.05) is 19.1 Å². The Balaban J connectivity index is 1.87. The molecular weight excluding hydrogens is 344 g/mol. The third-order valence-electron chi connectivity index (χ3n) is 4.53. The van der Waals surface area contributed by atoms with E-state index in [1.165, 1.54) is 24.3 Å². The van der Waals surface area contributed by atoms with Gasteiger partial charge in [0.05, 0.1) is 6.42 Å². The highest BCUT2D eigenvalue weighted by atomic mass is 19.3. The molecular formula is C19H25F2NO4. The number of amides is 1. The third-order valence-corrected chi connectivity index (χ3v) is 4.53. The van der Waals surface area contributed by atoms with Crippen molar-refractivity contribution in [2.75, 3.05) is 6.54 Å². The summed E-state index contributed by atoms with van der Waals surface area (Å²) in [6.45, 7) is 1.44. The molecule has 2 atom stereocenters. The minimum absolute atomic E-state index is 0.0244. The first-order valence-electron chi connectivity index (χ1n) is 8.94. The molecule has 7 heteroatoms. The van der Waals surface area contributed by atoms with E-state index < -0.39 is 18.7 Å². The minimum atomic E-state index is -2.89. The van der Waals surface area contributed by atoms with Crippen LogP contribution in [0.15, 0.2) is 24.3 Å². The van der Waals surface area contributed by atoms with Crippen molar-refractivity contribution in [1.82, 2.24) is 4.90 Å². The molecule has 0 aromatic heterocycles. The molecule has 1 heterocycles. The number of alkyl halides is 2. The molecule has 144 valence electrons. The summed E-state index contributed by atoms with van der Waals surface area (Å²) in [7, 11) is 0. The number of benzene rings is 1. The Morgan fingerprint density at radius 2 is 1.92 bits per heavy atom. The molecule has 1 saturated heterocycles. The third kappa shape index (κ3) is 5.68. The van der Waals surface area contributed by atoms with Gasteiger partial charge in [-0.25, -0.2) is 0 Å². The number of hydrogen-bond donors (Lipinski definition) is 0. The molecule has 0 N–H and O–H groups in total. The highest BCUT2D eigenvalue weighted by molar-refractivity contribution is 5.84. The molecule has 0 radical (unpaired) electrons. The summed E-state index contributed by atoms with van der Waals surface area (Å²) in [6.07, 6.45) is 3.08. The van der Waals surface area contributed by atoms with Crippen molar-refractivity contribution in [2.24, 2.45) is 0 Å². The molecule has 0 spiro atoms. The van der Waals surface area contributed by atoms with Gasteiger partial charge in [0.1, 0.15) is 5.75 Å². The van der Waals surface area contributed by atoms with E-state index in [2.05, 4.69) is 4.74 Å². The maximum atomic E-state index is 12.6. The quantitative estimate of drug-likeness (QED) is 0.690. The summed E-state index contributed by atoms with van der Waals surface area (Å²) < 4.78 is 33.8. The number of nitrogens with zero attached hydrogens (tertiary/aromatic N) is 1. The smallest absolute Gasteiger partial charge is 0.387 e. The minimum Gasteiger partial charge on any atom is -0.452 e. The number of esters is 1. The molecule has 2 rings (SSSR count). The van der Waals surface area contributed by atoms with Gasteiger partial charge in [0, 0.05) is 12.6 Å². The number of halogens is 2. The first-order chi connectivity index (χ1) is 12.4. The van der Waals surface area contributed by atoms with Crippen molar-refractivity contribution >= 4 is 11.9 Å². The van der Waals surface area contributed by atoms with Crippen molar-refractivity contribution in [3.8, 4) is 5.75 Å². The van der Waals surface area contributed by atoms with E-state index in [0.29, 0.717) is 12.1 Å². The van der Waals surface area contributed by atoms with Gasteiger partial charge in [-0.3, -0.25) is 9.59 Å². The zero-order chi connectivity index (χ0) is 19.1. The monoisotopic (exact) mass is 369 g/mol. The summed E-state index contributed by atoms with van der Waals surface area (Å²) in [6, 6.07) is 5.97. The maximum absolute atomic E-state index is 12.6. The average molecular weight is 369 g/mol. The van der Waals surface area contributed by atoms with Crippen LogP contribution in [0.5, 0.6) is 5.75 Å². The standard InChI is InChI=1S/C19H25F2NO4/c1-3-15-6-4-5-11-22(15)18(24)13(2)25-17(23)12-14-7-9-16(10-8-14)26-19(20)21/h7-10,13,15,19H,3-6,11-12H2,1-2H3. The summed E-state index contributed by atoms with van der Waals surface area (Å²) in [5, 5.41) is 0. The van der Waals surface area contributed by atoms with Gasteiger partial charge in [0.15, 0.2) is 6.10 Å². The van der Waals surface area contributed by atoms with E-state index >= 15 is 0 Å². The predicted molar refractivity (Wildman–Crippen MR) is 92.0 cm³/mol. The van der Waals surface area contributed by atoms with E-state index in [1.54, 1.807) is 6.92 Å². The first kappa shape index (κ1) is 20.1. The summed E-state index contributed by atoms with van der Waals surface area (Å²) in [4.78, 5) is 26.5. The molecule has 1 aromatic carbocycles. The molecule has 1 amide bonds. The van der Waals surface area contributed by atoms with Crippen LogP contribution in [0.1, 0.15) is 45.1 Å². The van der Waals surface area contributed by atoms with Gasteiger partial charge in [-0.15, -0.1) is 0 Å². The lowest BCUT2D eigenvalue weighted by Gasteiger charge is -2.36. The van der Waals surface area contributed by atoms with E-state index in [1.807, 2.05) is 11.8 Å². The molecule has 1 aliphatic rings. The van der Waals surface area contributed by atoms with Crippen molar-refractivity contribution in [3.05, 3.63) is 29.8 Å². The van der Waals surface area contributed by atoms with Gasteiger partial charge in [-0.05, 0) is 50.3 Å². The molecule has 1 aliphatic heterocycles. The Labute approximate surface area is 152 Å². The van der Waals surface area contributed by atoms with Crippen LogP contribution in [0.25, 0.3) is 0 Å². The van der Waals surface area contributed by atoms with Gasteiger partial charge in [0.25, 0.3) is 5.91 Å². The zero-order valence-electron chi connectivity index (χ0n) is 15.1. The van der Waals surface area contributed by atoms with E-state index in [-0.39, 0.29) is 24.1 Å². The number of carbonyl (C=O) groups excluding carboxylic acids is 2. The summed E-state index contributed by atoms with van der Waals surface area (Å²) in [5.74, 6) is -0.666. The van der Waals surface area contributed by atoms with Gasteiger partial charge in [-0.2, -0.15) is 8.78 Å². The summed E-state index contributed by atoms with van der Waals surface area (Å²) in [5.41, 5.74) is 0.598. The largest absolute Gasteiger partial charge is 0.452 e. The molecule has 5 nitrogen and oxygen atoms in total. The number of ether oxygens (including phenoxy) is 2. The fraction of sp³-hybridized carbons (Fsp3) is 0.579. The first-order valence-corrected chi connectivity index (χ1v) is 8.94. The highest BCUT2D eigenvalue weighted by Gasteiger charge is 2.30.